The Labute approximate surface area is 109 Å². The zero-order valence-electron chi connectivity index (χ0n) is 11.6. The number of methoxy groups -OCH3 is 1. The number of nitrogens with zero attached hydrogens (tertiary/aromatic N) is 2. The van der Waals surface area contributed by atoms with Crippen molar-refractivity contribution >= 4 is 5.95 Å². The van der Waals surface area contributed by atoms with Crippen molar-refractivity contribution in [1.82, 2.24) is 9.97 Å². The van der Waals surface area contributed by atoms with Crippen molar-refractivity contribution in [3.8, 4) is 5.88 Å². The van der Waals surface area contributed by atoms with Gasteiger partial charge in [-0.2, -0.15) is 4.98 Å². The molecule has 0 amide bonds. The van der Waals surface area contributed by atoms with Crippen molar-refractivity contribution in [2.75, 3.05) is 12.4 Å². The Hall–Kier alpha value is -1.32. The van der Waals surface area contributed by atoms with E-state index in [4.69, 9.17) is 4.74 Å². The maximum absolute atomic E-state index is 5.18. The number of rotatable bonds is 3. The Kier molecular flexibility index (Phi) is 4.39. The average molecular weight is 249 g/mol. The molecule has 0 radical (unpaired) electrons. The number of aromatic nitrogens is 2. The minimum Gasteiger partial charge on any atom is -0.481 e. The van der Waals surface area contributed by atoms with Crippen LogP contribution in [0.4, 0.5) is 5.95 Å². The van der Waals surface area contributed by atoms with Crippen LogP contribution in [-0.2, 0) is 0 Å². The predicted molar refractivity (Wildman–Crippen MR) is 73.0 cm³/mol. The molecule has 100 valence electrons. The molecule has 0 aromatic carbocycles. The first-order chi connectivity index (χ1) is 8.67. The molecule has 0 aliphatic heterocycles. The lowest BCUT2D eigenvalue weighted by Crippen LogP contribution is -2.20. The molecule has 1 fully saturated rings. The maximum Gasteiger partial charge on any atom is 0.226 e. The van der Waals surface area contributed by atoms with E-state index in [9.17, 15) is 0 Å². The molecule has 18 heavy (non-hydrogen) atoms. The largest absolute Gasteiger partial charge is 0.481 e. The molecular formula is C14H23N3O. The van der Waals surface area contributed by atoms with Crippen LogP contribution in [0, 0.1) is 12.8 Å². The number of anilines is 1. The number of hydrogen-bond acceptors (Lipinski definition) is 4. The molecule has 0 bridgehead atoms. The molecule has 1 aromatic rings. The number of nitrogens with one attached hydrogen (secondary N) is 1. The molecule has 4 nitrogen and oxygen atoms in total. The Bertz CT molecular complexity index is 395. The summed E-state index contributed by atoms with van der Waals surface area (Å²) >= 11 is 0. The van der Waals surface area contributed by atoms with Crippen molar-refractivity contribution in [3.05, 3.63) is 11.8 Å². The standard InChI is InChI=1S/C14H23N3O/c1-10-5-4-6-12(8-7-10)16-14-15-11(2)9-13(17-14)18-3/h9-10,12H,4-8H2,1-3H3,(H,15,16,17). The smallest absolute Gasteiger partial charge is 0.226 e. The van der Waals surface area contributed by atoms with Crippen LogP contribution >= 0.6 is 0 Å². The summed E-state index contributed by atoms with van der Waals surface area (Å²) in [6.45, 7) is 4.30. The Balaban J connectivity index is 2.01. The molecule has 2 rings (SSSR count). The Morgan fingerprint density at radius 3 is 2.83 bits per heavy atom. The summed E-state index contributed by atoms with van der Waals surface area (Å²) in [6, 6.07) is 2.35. The topological polar surface area (TPSA) is 47.0 Å². The van der Waals surface area contributed by atoms with Gasteiger partial charge in [0.25, 0.3) is 0 Å². The molecular weight excluding hydrogens is 226 g/mol. The van der Waals surface area contributed by atoms with Gasteiger partial charge in [-0.15, -0.1) is 0 Å². The van der Waals surface area contributed by atoms with Crippen LogP contribution in [0.2, 0.25) is 0 Å². The normalized spacial score (nSPS) is 24.4. The number of ether oxygens (including phenoxy) is 1. The highest BCUT2D eigenvalue weighted by Crippen LogP contribution is 2.24. The van der Waals surface area contributed by atoms with E-state index in [-0.39, 0.29) is 0 Å². The van der Waals surface area contributed by atoms with Crippen LogP contribution in [0.3, 0.4) is 0 Å². The van der Waals surface area contributed by atoms with Gasteiger partial charge in [0, 0.05) is 17.8 Å². The highest BCUT2D eigenvalue weighted by atomic mass is 16.5. The zero-order valence-corrected chi connectivity index (χ0v) is 11.6. The Morgan fingerprint density at radius 1 is 1.22 bits per heavy atom. The van der Waals surface area contributed by atoms with Gasteiger partial charge in [-0.1, -0.05) is 19.8 Å². The third kappa shape index (κ3) is 3.59. The van der Waals surface area contributed by atoms with Crippen LogP contribution in [0.1, 0.15) is 44.7 Å². The summed E-state index contributed by atoms with van der Waals surface area (Å²) in [5, 5.41) is 3.45. The van der Waals surface area contributed by atoms with Crippen molar-refractivity contribution < 1.29 is 4.74 Å². The monoisotopic (exact) mass is 249 g/mol. The summed E-state index contributed by atoms with van der Waals surface area (Å²) in [4.78, 5) is 8.77. The average Bonchev–Trinajstić information content (AvgIpc) is 2.54. The molecule has 1 aromatic heterocycles. The fraction of sp³-hybridized carbons (Fsp3) is 0.714. The molecule has 2 unspecified atom stereocenters. The van der Waals surface area contributed by atoms with Crippen LogP contribution in [0.5, 0.6) is 5.88 Å². The summed E-state index contributed by atoms with van der Waals surface area (Å²) in [5.74, 6) is 2.18. The van der Waals surface area contributed by atoms with Crippen molar-refractivity contribution in [2.24, 2.45) is 5.92 Å². The third-order valence-corrected chi connectivity index (χ3v) is 3.63. The fourth-order valence-electron chi connectivity index (χ4n) is 2.52. The zero-order chi connectivity index (χ0) is 13.0. The molecule has 2 atom stereocenters. The first-order valence-electron chi connectivity index (χ1n) is 6.83. The maximum atomic E-state index is 5.18. The van der Waals surface area contributed by atoms with E-state index in [1.54, 1.807) is 7.11 Å². The van der Waals surface area contributed by atoms with Crippen molar-refractivity contribution in [2.45, 2.75) is 52.0 Å². The third-order valence-electron chi connectivity index (χ3n) is 3.63. The van der Waals surface area contributed by atoms with Gasteiger partial charge in [-0.05, 0) is 32.1 Å². The molecule has 0 spiro atoms. The summed E-state index contributed by atoms with van der Waals surface area (Å²) < 4.78 is 5.18. The van der Waals surface area contributed by atoms with E-state index in [2.05, 4.69) is 22.2 Å². The van der Waals surface area contributed by atoms with Gasteiger partial charge in [0.15, 0.2) is 0 Å². The SMILES string of the molecule is COc1cc(C)nc(NC2CCCC(C)CC2)n1. The lowest BCUT2D eigenvalue weighted by atomic mass is 10.0. The van der Waals surface area contributed by atoms with Crippen LogP contribution in [-0.4, -0.2) is 23.1 Å². The fourth-order valence-corrected chi connectivity index (χ4v) is 2.52. The van der Waals surface area contributed by atoms with Gasteiger partial charge in [-0.25, -0.2) is 4.98 Å². The first kappa shape index (κ1) is 13.1. The molecule has 1 N–H and O–H groups in total. The van der Waals surface area contributed by atoms with E-state index in [1.807, 2.05) is 13.0 Å². The molecule has 1 saturated carbocycles. The molecule has 1 heterocycles. The van der Waals surface area contributed by atoms with Crippen molar-refractivity contribution in [1.29, 1.82) is 0 Å². The summed E-state index contributed by atoms with van der Waals surface area (Å²) in [6.07, 6.45) is 6.35. The van der Waals surface area contributed by atoms with Gasteiger partial charge in [0.2, 0.25) is 11.8 Å². The lowest BCUT2D eigenvalue weighted by molar-refractivity contribution is 0.396. The minimum absolute atomic E-state index is 0.501. The number of hydrogen-bond donors (Lipinski definition) is 1. The molecule has 1 aliphatic carbocycles. The van der Waals surface area contributed by atoms with Crippen LogP contribution in [0.15, 0.2) is 6.07 Å². The molecule has 1 aliphatic rings. The quantitative estimate of drug-likeness (QED) is 0.836. The lowest BCUT2D eigenvalue weighted by Gasteiger charge is -2.16. The van der Waals surface area contributed by atoms with E-state index < -0.39 is 0 Å². The summed E-state index contributed by atoms with van der Waals surface area (Å²) in [7, 11) is 1.64. The van der Waals surface area contributed by atoms with E-state index in [0.717, 1.165) is 11.6 Å². The van der Waals surface area contributed by atoms with Crippen molar-refractivity contribution in [3.63, 3.8) is 0 Å². The summed E-state index contributed by atoms with van der Waals surface area (Å²) in [5.41, 5.74) is 0.936. The highest BCUT2D eigenvalue weighted by molar-refractivity contribution is 5.31. The molecule has 4 heteroatoms. The van der Waals surface area contributed by atoms with E-state index >= 15 is 0 Å². The second-order valence-corrected chi connectivity index (χ2v) is 5.33. The van der Waals surface area contributed by atoms with Gasteiger partial charge < -0.3 is 10.1 Å². The van der Waals surface area contributed by atoms with Gasteiger partial charge >= 0.3 is 0 Å². The van der Waals surface area contributed by atoms with E-state index in [1.165, 1.54) is 32.1 Å². The first-order valence-corrected chi connectivity index (χ1v) is 6.83. The second-order valence-electron chi connectivity index (χ2n) is 5.33. The molecule has 0 saturated heterocycles. The van der Waals surface area contributed by atoms with Crippen LogP contribution < -0.4 is 10.1 Å². The highest BCUT2D eigenvalue weighted by Gasteiger charge is 2.17. The second kappa shape index (κ2) is 6.03. The predicted octanol–water partition coefficient (Wildman–Crippen LogP) is 3.17. The number of aryl methyl sites for hydroxylation is 1. The van der Waals surface area contributed by atoms with Gasteiger partial charge in [0.05, 0.1) is 7.11 Å². The van der Waals surface area contributed by atoms with E-state index in [0.29, 0.717) is 17.9 Å². The minimum atomic E-state index is 0.501. The van der Waals surface area contributed by atoms with Gasteiger partial charge in [0.1, 0.15) is 0 Å². The van der Waals surface area contributed by atoms with Crippen LogP contribution in [0.25, 0.3) is 0 Å². The Morgan fingerprint density at radius 2 is 2.06 bits per heavy atom. The van der Waals surface area contributed by atoms with Gasteiger partial charge in [-0.3, -0.25) is 0 Å².